The highest BCUT2D eigenvalue weighted by atomic mass is 16.7. The summed E-state index contributed by atoms with van der Waals surface area (Å²) in [7, 11) is 1.65. The molecule has 1 aliphatic heterocycles. The number of ether oxygens (including phenoxy) is 6. The molecule has 1 rings (SSSR count). The van der Waals surface area contributed by atoms with Gasteiger partial charge in [0.1, 0.15) is 0 Å². The van der Waals surface area contributed by atoms with Gasteiger partial charge in [-0.15, -0.1) is 0 Å². The van der Waals surface area contributed by atoms with Crippen molar-refractivity contribution in [2.24, 2.45) is 0 Å². The van der Waals surface area contributed by atoms with E-state index < -0.39 is 0 Å². The Labute approximate surface area is 115 Å². The maximum absolute atomic E-state index is 5.44. The summed E-state index contributed by atoms with van der Waals surface area (Å²) < 4.78 is 31.7. The largest absolute Gasteiger partial charge is 0.382 e. The van der Waals surface area contributed by atoms with E-state index in [0.29, 0.717) is 46.2 Å². The first-order chi connectivity index (χ1) is 9.43. The van der Waals surface area contributed by atoms with Gasteiger partial charge in [0.25, 0.3) is 0 Å². The van der Waals surface area contributed by atoms with Crippen molar-refractivity contribution in [3.63, 3.8) is 0 Å². The third kappa shape index (κ3) is 10.2. The molecule has 0 N–H and O–H groups in total. The number of hydrogen-bond acceptors (Lipinski definition) is 6. The van der Waals surface area contributed by atoms with E-state index in [2.05, 4.69) is 0 Å². The van der Waals surface area contributed by atoms with Crippen LogP contribution in [0.25, 0.3) is 0 Å². The second kappa shape index (κ2) is 12.8. The van der Waals surface area contributed by atoms with Crippen molar-refractivity contribution in [1.82, 2.24) is 0 Å². The molecule has 0 aromatic heterocycles. The van der Waals surface area contributed by atoms with Gasteiger partial charge in [0.15, 0.2) is 6.29 Å². The Balaban J connectivity index is 1.71. The topological polar surface area (TPSA) is 55.4 Å². The van der Waals surface area contributed by atoms with Crippen LogP contribution >= 0.6 is 0 Å². The highest BCUT2D eigenvalue weighted by Crippen LogP contribution is 2.08. The Morgan fingerprint density at radius 2 is 1.32 bits per heavy atom. The van der Waals surface area contributed by atoms with Gasteiger partial charge < -0.3 is 28.4 Å². The van der Waals surface area contributed by atoms with Gasteiger partial charge in [-0.05, 0) is 6.42 Å². The van der Waals surface area contributed by atoms with Crippen molar-refractivity contribution >= 4 is 0 Å². The van der Waals surface area contributed by atoms with Crippen LogP contribution in [0.15, 0.2) is 0 Å². The molecule has 1 saturated heterocycles. The second-order valence-corrected chi connectivity index (χ2v) is 4.14. The predicted molar refractivity (Wildman–Crippen MR) is 69.3 cm³/mol. The molecule has 0 aliphatic carbocycles. The lowest BCUT2D eigenvalue weighted by Gasteiger charge is -2.22. The van der Waals surface area contributed by atoms with Gasteiger partial charge in [0.2, 0.25) is 0 Å². The lowest BCUT2D eigenvalue weighted by Crippen LogP contribution is -2.26. The van der Waals surface area contributed by atoms with Crippen LogP contribution in [0, 0.1) is 0 Å². The van der Waals surface area contributed by atoms with Gasteiger partial charge in [-0.1, -0.05) is 0 Å². The molecule has 0 radical (unpaired) electrons. The van der Waals surface area contributed by atoms with Crippen LogP contribution in [0.2, 0.25) is 0 Å². The average molecular weight is 278 g/mol. The summed E-state index contributed by atoms with van der Waals surface area (Å²) in [4.78, 5) is 0. The minimum Gasteiger partial charge on any atom is -0.382 e. The van der Waals surface area contributed by atoms with Crippen molar-refractivity contribution in [3.8, 4) is 0 Å². The van der Waals surface area contributed by atoms with Crippen LogP contribution in [0.1, 0.15) is 12.8 Å². The molecule has 0 spiro atoms. The summed E-state index contributed by atoms with van der Waals surface area (Å²) >= 11 is 0. The molecule has 0 aromatic carbocycles. The Morgan fingerprint density at radius 1 is 0.789 bits per heavy atom. The Kier molecular flexibility index (Phi) is 11.3. The lowest BCUT2D eigenvalue weighted by atomic mass is 10.4. The number of rotatable bonds is 12. The first-order valence-corrected chi connectivity index (χ1v) is 6.89. The van der Waals surface area contributed by atoms with Gasteiger partial charge in [-0.3, -0.25) is 0 Å². The molecule has 1 heterocycles. The third-order valence-electron chi connectivity index (χ3n) is 2.57. The van der Waals surface area contributed by atoms with E-state index in [-0.39, 0.29) is 6.29 Å². The van der Waals surface area contributed by atoms with Crippen molar-refractivity contribution in [2.45, 2.75) is 19.1 Å². The molecule has 0 amide bonds. The van der Waals surface area contributed by atoms with Crippen LogP contribution < -0.4 is 0 Å². The molecule has 6 heteroatoms. The molecular weight excluding hydrogens is 252 g/mol. The summed E-state index contributed by atoms with van der Waals surface area (Å²) in [6.45, 7) is 5.79. The smallest absolute Gasteiger partial charge is 0.159 e. The molecule has 19 heavy (non-hydrogen) atoms. The third-order valence-corrected chi connectivity index (χ3v) is 2.57. The van der Waals surface area contributed by atoms with E-state index in [4.69, 9.17) is 28.4 Å². The minimum atomic E-state index is -0.0937. The van der Waals surface area contributed by atoms with Crippen molar-refractivity contribution < 1.29 is 28.4 Å². The Morgan fingerprint density at radius 3 is 1.89 bits per heavy atom. The molecule has 0 aromatic rings. The fraction of sp³-hybridized carbons (Fsp3) is 1.00. The van der Waals surface area contributed by atoms with E-state index in [9.17, 15) is 0 Å². The van der Waals surface area contributed by atoms with E-state index >= 15 is 0 Å². The molecular formula is C13H26O6. The molecule has 0 saturated carbocycles. The van der Waals surface area contributed by atoms with Gasteiger partial charge in [-0.2, -0.15) is 0 Å². The quantitative estimate of drug-likeness (QED) is 0.493. The molecule has 0 unspecified atom stereocenters. The summed E-state index contributed by atoms with van der Waals surface area (Å²) in [6, 6.07) is 0. The van der Waals surface area contributed by atoms with Crippen molar-refractivity contribution in [2.75, 3.05) is 66.6 Å². The van der Waals surface area contributed by atoms with E-state index in [1.54, 1.807) is 7.11 Å². The lowest BCUT2D eigenvalue weighted by molar-refractivity contribution is -0.186. The van der Waals surface area contributed by atoms with Gasteiger partial charge in [0, 0.05) is 13.5 Å². The normalized spacial score (nSPS) is 16.9. The summed E-state index contributed by atoms with van der Waals surface area (Å²) in [5.74, 6) is 0. The molecule has 1 aliphatic rings. The van der Waals surface area contributed by atoms with Gasteiger partial charge in [-0.25, -0.2) is 0 Å². The second-order valence-electron chi connectivity index (χ2n) is 4.14. The zero-order valence-corrected chi connectivity index (χ0v) is 11.8. The molecule has 114 valence electrons. The molecule has 0 atom stereocenters. The highest BCUT2D eigenvalue weighted by Gasteiger charge is 2.13. The first-order valence-electron chi connectivity index (χ1n) is 6.89. The van der Waals surface area contributed by atoms with Crippen LogP contribution in [0.5, 0.6) is 0 Å². The van der Waals surface area contributed by atoms with Crippen LogP contribution in [-0.2, 0) is 28.4 Å². The van der Waals surface area contributed by atoms with Crippen LogP contribution in [-0.4, -0.2) is 72.9 Å². The van der Waals surface area contributed by atoms with Crippen molar-refractivity contribution in [1.29, 1.82) is 0 Å². The van der Waals surface area contributed by atoms with Crippen molar-refractivity contribution in [3.05, 3.63) is 0 Å². The standard InChI is InChI=1S/C13H26O6/c1-14-7-8-16-11-12-17-10-9-15-6-3-13-18-4-2-5-19-13/h13H,2-12H2,1H3. The van der Waals surface area contributed by atoms with Gasteiger partial charge in [0.05, 0.1) is 59.5 Å². The fourth-order valence-electron chi connectivity index (χ4n) is 1.57. The maximum atomic E-state index is 5.44. The minimum absolute atomic E-state index is 0.0937. The monoisotopic (exact) mass is 278 g/mol. The van der Waals surface area contributed by atoms with Crippen LogP contribution in [0.4, 0.5) is 0 Å². The molecule has 6 nitrogen and oxygen atoms in total. The molecule has 1 fully saturated rings. The van der Waals surface area contributed by atoms with Crippen LogP contribution in [0.3, 0.4) is 0 Å². The Hall–Kier alpha value is -0.240. The number of hydrogen-bond donors (Lipinski definition) is 0. The zero-order valence-electron chi connectivity index (χ0n) is 11.8. The first kappa shape index (κ1) is 16.8. The summed E-state index contributed by atoms with van der Waals surface area (Å²) in [5, 5.41) is 0. The van der Waals surface area contributed by atoms with E-state index in [0.717, 1.165) is 26.1 Å². The SMILES string of the molecule is COCCOCCOCCOCCC1OCCCO1. The summed E-state index contributed by atoms with van der Waals surface area (Å²) in [6.07, 6.45) is 1.67. The zero-order chi connectivity index (χ0) is 13.6. The highest BCUT2D eigenvalue weighted by molar-refractivity contribution is 4.51. The number of methoxy groups -OCH3 is 1. The predicted octanol–water partition coefficient (Wildman–Crippen LogP) is 0.836. The fourth-order valence-corrected chi connectivity index (χ4v) is 1.57. The van der Waals surface area contributed by atoms with Gasteiger partial charge >= 0.3 is 0 Å². The average Bonchev–Trinajstić information content (AvgIpc) is 2.46. The Bertz CT molecular complexity index is 184. The molecule has 0 bridgehead atoms. The maximum Gasteiger partial charge on any atom is 0.159 e. The van der Waals surface area contributed by atoms with E-state index in [1.165, 1.54) is 0 Å². The van der Waals surface area contributed by atoms with E-state index in [1.807, 2.05) is 0 Å². The summed E-state index contributed by atoms with van der Waals surface area (Å²) in [5.41, 5.74) is 0.